The van der Waals surface area contributed by atoms with Crippen LogP contribution in [0.3, 0.4) is 0 Å². The lowest BCUT2D eigenvalue weighted by Crippen LogP contribution is -2.19. The van der Waals surface area contributed by atoms with Gasteiger partial charge in [0.15, 0.2) is 0 Å². The Bertz CT molecular complexity index is 661. The zero-order valence-corrected chi connectivity index (χ0v) is 12.8. The number of hydrogen-bond donors (Lipinski definition) is 1. The highest BCUT2D eigenvalue weighted by Crippen LogP contribution is 2.30. The predicted octanol–water partition coefficient (Wildman–Crippen LogP) is 4.24. The van der Waals surface area contributed by atoms with Crippen LogP contribution in [0.25, 0.3) is 0 Å². The summed E-state index contributed by atoms with van der Waals surface area (Å²) in [4.78, 5) is 0. The van der Waals surface area contributed by atoms with E-state index in [2.05, 4.69) is 5.32 Å². The summed E-state index contributed by atoms with van der Waals surface area (Å²) in [6.45, 7) is 1.90. The minimum Gasteiger partial charge on any atom is -0.496 e. The summed E-state index contributed by atoms with van der Waals surface area (Å²) >= 11 is 5.59. The molecule has 0 fully saturated rings. The van der Waals surface area contributed by atoms with Gasteiger partial charge in [0.25, 0.3) is 0 Å². The van der Waals surface area contributed by atoms with Crippen LogP contribution in [0.1, 0.15) is 22.7 Å². The Balaban J connectivity index is 2.49. The average Bonchev–Trinajstić information content (AvgIpc) is 2.45. The van der Waals surface area contributed by atoms with Crippen LogP contribution in [0.15, 0.2) is 30.3 Å². The Morgan fingerprint density at radius 3 is 2.43 bits per heavy atom. The second-order valence-corrected chi connectivity index (χ2v) is 5.15. The van der Waals surface area contributed by atoms with E-state index in [0.29, 0.717) is 0 Å². The molecule has 0 radical (unpaired) electrons. The van der Waals surface area contributed by atoms with Gasteiger partial charge < -0.3 is 10.1 Å². The molecule has 0 aromatic heterocycles. The molecule has 0 saturated carbocycles. The van der Waals surface area contributed by atoms with E-state index in [-0.39, 0.29) is 10.6 Å². The lowest BCUT2D eigenvalue weighted by molar-refractivity contribution is 0.411. The zero-order chi connectivity index (χ0) is 15.6. The minimum absolute atomic E-state index is 0.212. The van der Waals surface area contributed by atoms with Crippen LogP contribution >= 0.6 is 11.6 Å². The number of methoxy groups -OCH3 is 1. The van der Waals surface area contributed by atoms with E-state index in [9.17, 15) is 8.78 Å². The molecule has 112 valence electrons. The maximum atomic E-state index is 14.1. The number of ether oxygens (including phenoxy) is 1. The monoisotopic (exact) mass is 311 g/mol. The quantitative estimate of drug-likeness (QED) is 0.853. The number of rotatable bonds is 4. The lowest BCUT2D eigenvalue weighted by atomic mass is 9.96. The van der Waals surface area contributed by atoms with E-state index in [1.807, 2.05) is 19.1 Å². The third-order valence-corrected chi connectivity index (χ3v) is 3.68. The summed E-state index contributed by atoms with van der Waals surface area (Å²) in [5.41, 5.74) is 1.95. The fourth-order valence-electron chi connectivity index (χ4n) is 2.34. The smallest absolute Gasteiger partial charge is 0.142 e. The van der Waals surface area contributed by atoms with E-state index in [4.69, 9.17) is 16.3 Å². The van der Waals surface area contributed by atoms with Gasteiger partial charge in [0, 0.05) is 5.56 Å². The highest BCUT2D eigenvalue weighted by atomic mass is 35.5. The third-order valence-electron chi connectivity index (χ3n) is 3.39. The van der Waals surface area contributed by atoms with Crippen molar-refractivity contribution < 1.29 is 13.5 Å². The van der Waals surface area contributed by atoms with Crippen LogP contribution in [-0.2, 0) is 0 Å². The van der Waals surface area contributed by atoms with Gasteiger partial charge in [0.1, 0.15) is 17.4 Å². The van der Waals surface area contributed by atoms with Crippen LogP contribution in [0.5, 0.6) is 5.75 Å². The summed E-state index contributed by atoms with van der Waals surface area (Å²) in [6, 6.07) is 7.15. The molecule has 0 heterocycles. The molecule has 5 heteroatoms. The third kappa shape index (κ3) is 3.17. The van der Waals surface area contributed by atoms with Crippen molar-refractivity contribution in [1.82, 2.24) is 5.32 Å². The molecule has 0 aliphatic rings. The Morgan fingerprint density at radius 2 is 1.86 bits per heavy atom. The molecule has 2 nitrogen and oxygen atoms in total. The highest BCUT2D eigenvalue weighted by molar-refractivity contribution is 6.30. The van der Waals surface area contributed by atoms with Crippen molar-refractivity contribution in [3.8, 4) is 5.75 Å². The predicted molar refractivity (Wildman–Crippen MR) is 80.0 cm³/mol. The van der Waals surface area contributed by atoms with Crippen molar-refractivity contribution in [2.24, 2.45) is 0 Å². The molecule has 1 N–H and O–H groups in total. The molecule has 2 aromatic carbocycles. The first-order chi connectivity index (χ1) is 9.97. The maximum absolute atomic E-state index is 14.1. The first kappa shape index (κ1) is 15.7. The number of benzene rings is 2. The molecule has 0 aliphatic heterocycles. The molecule has 0 spiro atoms. The van der Waals surface area contributed by atoms with E-state index in [1.165, 1.54) is 0 Å². The van der Waals surface area contributed by atoms with Crippen molar-refractivity contribution in [1.29, 1.82) is 0 Å². The van der Waals surface area contributed by atoms with Gasteiger partial charge >= 0.3 is 0 Å². The van der Waals surface area contributed by atoms with E-state index in [0.717, 1.165) is 29.0 Å². The van der Waals surface area contributed by atoms with E-state index in [1.54, 1.807) is 20.2 Å². The van der Waals surface area contributed by atoms with Crippen molar-refractivity contribution >= 4 is 11.6 Å². The van der Waals surface area contributed by atoms with Crippen LogP contribution < -0.4 is 10.1 Å². The Morgan fingerprint density at radius 1 is 1.14 bits per heavy atom. The van der Waals surface area contributed by atoms with Crippen molar-refractivity contribution in [3.63, 3.8) is 0 Å². The van der Waals surface area contributed by atoms with Gasteiger partial charge in [-0.25, -0.2) is 8.78 Å². The maximum Gasteiger partial charge on any atom is 0.142 e. The summed E-state index contributed by atoms with van der Waals surface area (Å²) in [5.74, 6) is -0.441. The topological polar surface area (TPSA) is 21.3 Å². The lowest BCUT2D eigenvalue weighted by Gasteiger charge is -2.19. The average molecular weight is 312 g/mol. The molecule has 1 unspecified atom stereocenters. The first-order valence-electron chi connectivity index (χ1n) is 6.44. The van der Waals surface area contributed by atoms with Crippen LogP contribution in [0.2, 0.25) is 5.02 Å². The van der Waals surface area contributed by atoms with Gasteiger partial charge in [-0.1, -0.05) is 23.7 Å². The van der Waals surface area contributed by atoms with E-state index >= 15 is 0 Å². The van der Waals surface area contributed by atoms with Gasteiger partial charge in [-0.2, -0.15) is 0 Å². The second-order valence-electron chi connectivity index (χ2n) is 4.74. The number of halogens is 3. The normalized spacial score (nSPS) is 12.3. The van der Waals surface area contributed by atoms with Crippen LogP contribution in [-0.4, -0.2) is 14.2 Å². The van der Waals surface area contributed by atoms with Crippen molar-refractivity contribution in [3.05, 3.63) is 63.7 Å². The molecular formula is C16H16ClF2NO. The highest BCUT2D eigenvalue weighted by Gasteiger charge is 2.19. The molecule has 0 bridgehead atoms. The Kier molecular flexibility index (Phi) is 4.80. The standard InChI is InChI=1S/C16H16ClF2NO/c1-9-6-10(4-5-15(9)21-3)16(20-2)11-7-14(19)12(17)8-13(11)18/h4-8,16,20H,1-3H3. The van der Waals surface area contributed by atoms with Crippen LogP contribution in [0.4, 0.5) is 8.78 Å². The minimum atomic E-state index is -0.640. The Labute approximate surface area is 127 Å². The SMILES string of the molecule is CNC(c1ccc(OC)c(C)c1)c1cc(F)c(Cl)cc1F. The molecule has 0 saturated heterocycles. The molecule has 0 amide bonds. The van der Waals surface area contributed by atoms with Gasteiger partial charge in [-0.05, 0) is 43.3 Å². The first-order valence-corrected chi connectivity index (χ1v) is 6.82. The van der Waals surface area contributed by atoms with Gasteiger partial charge in [-0.3, -0.25) is 0 Å². The summed E-state index contributed by atoms with van der Waals surface area (Å²) in [6.07, 6.45) is 0. The van der Waals surface area contributed by atoms with Gasteiger partial charge in [0.05, 0.1) is 18.2 Å². The molecular weight excluding hydrogens is 296 g/mol. The molecule has 2 aromatic rings. The number of hydrogen-bond acceptors (Lipinski definition) is 2. The molecule has 1 atom stereocenters. The fourth-order valence-corrected chi connectivity index (χ4v) is 2.49. The van der Waals surface area contributed by atoms with Crippen molar-refractivity contribution in [2.75, 3.05) is 14.2 Å². The number of aryl methyl sites for hydroxylation is 1. The second kappa shape index (κ2) is 6.41. The largest absolute Gasteiger partial charge is 0.496 e. The molecule has 0 aliphatic carbocycles. The van der Waals surface area contributed by atoms with Gasteiger partial charge in [0.2, 0.25) is 0 Å². The summed E-state index contributed by atoms with van der Waals surface area (Å²) < 4.78 is 32.9. The van der Waals surface area contributed by atoms with E-state index < -0.39 is 17.7 Å². The summed E-state index contributed by atoms with van der Waals surface area (Å²) in [7, 11) is 3.28. The zero-order valence-electron chi connectivity index (χ0n) is 12.0. The van der Waals surface area contributed by atoms with Gasteiger partial charge in [-0.15, -0.1) is 0 Å². The van der Waals surface area contributed by atoms with Crippen molar-refractivity contribution in [2.45, 2.75) is 13.0 Å². The Hall–Kier alpha value is -1.65. The fraction of sp³-hybridized carbons (Fsp3) is 0.250. The number of nitrogens with one attached hydrogen (secondary N) is 1. The molecule has 2 rings (SSSR count). The van der Waals surface area contributed by atoms with Crippen LogP contribution in [0, 0.1) is 18.6 Å². The molecule has 21 heavy (non-hydrogen) atoms. The summed E-state index contributed by atoms with van der Waals surface area (Å²) in [5, 5.41) is 2.77.